The van der Waals surface area contributed by atoms with Crippen molar-refractivity contribution < 1.29 is 9.50 Å². The number of aliphatic hydroxyl groups excluding tert-OH is 1. The highest BCUT2D eigenvalue weighted by molar-refractivity contribution is 9.10. The standard InChI is InChI=1S/C10H13BrFNO/c1-5-3-7(12)10(11)9(6(5)2)8(13)4-14/h3,8,14H,4,13H2,1-2H3. The summed E-state index contributed by atoms with van der Waals surface area (Å²) < 4.78 is 13.7. The van der Waals surface area contributed by atoms with Gasteiger partial charge in [-0.25, -0.2) is 4.39 Å². The van der Waals surface area contributed by atoms with Crippen LogP contribution in [-0.4, -0.2) is 11.7 Å². The van der Waals surface area contributed by atoms with E-state index in [2.05, 4.69) is 15.9 Å². The Morgan fingerprint density at radius 2 is 2.14 bits per heavy atom. The molecule has 0 saturated carbocycles. The molecule has 0 fully saturated rings. The number of hydrogen-bond donors (Lipinski definition) is 2. The molecule has 4 heteroatoms. The Labute approximate surface area is 91.1 Å². The van der Waals surface area contributed by atoms with E-state index in [4.69, 9.17) is 10.8 Å². The molecule has 0 aliphatic heterocycles. The minimum Gasteiger partial charge on any atom is -0.394 e. The smallest absolute Gasteiger partial charge is 0.138 e. The van der Waals surface area contributed by atoms with Crippen LogP contribution >= 0.6 is 15.9 Å². The zero-order valence-corrected chi connectivity index (χ0v) is 9.73. The van der Waals surface area contributed by atoms with Crippen LogP contribution in [-0.2, 0) is 0 Å². The van der Waals surface area contributed by atoms with Crippen LogP contribution < -0.4 is 5.73 Å². The lowest BCUT2D eigenvalue weighted by Crippen LogP contribution is -2.17. The summed E-state index contributed by atoms with van der Waals surface area (Å²) in [6.07, 6.45) is 0. The van der Waals surface area contributed by atoms with Crippen molar-refractivity contribution >= 4 is 15.9 Å². The van der Waals surface area contributed by atoms with Crippen LogP contribution in [0.3, 0.4) is 0 Å². The molecule has 3 N–H and O–H groups in total. The zero-order valence-electron chi connectivity index (χ0n) is 8.14. The van der Waals surface area contributed by atoms with Crippen molar-refractivity contribution in [1.29, 1.82) is 0 Å². The first-order chi connectivity index (χ1) is 6.49. The van der Waals surface area contributed by atoms with Crippen molar-refractivity contribution in [2.45, 2.75) is 19.9 Å². The van der Waals surface area contributed by atoms with Gasteiger partial charge in [-0.05, 0) is 52.5 Å². The molecule has 1 rings (SSSR count). The van der Waals surface area contributed by atoms with Crippen LogP contribution in [0.15, 0.2) is 10.5 Å². The topological polar surface area (TPSA) is 46.2 Å². The SMILES string of the molecule is Cc1cc(F)c(Br)c(C(N)CO)c1C. The molecular weight excluding hydrogens is 249 g/mol. The molecule has 0 aromatic heterocycles. The molecule has 1 unspecified atom stereocenters. The molecule has 0 amide bonds. The molecule has 1 aromatic carbocycles. The van der Waals surface area contributed by atoms with Gasteiger partial charge in [-0.3, -0.25) is 0 Å². The van der Waals surface area contributed by atoms with Crippen LogP contribution in [0, 0.1) is 19.7 Å². The fourth-order valence-electron chi connectivity index (χ4n) is 1.40. The predicted octanol–water partition coefficient (Wildman–Crippen LogP) is 2.20. The van der Waals surface area contributed by atoms with Gasteiger partial charge in [-0.2, -0.15) is 0 Å². The normalized spacial score (nSPS) is 13.0. The number of benzene rings is 1. The van der Waals surface area contributed by atoms with Crippen LogP contribution in [0.2, 0.25) is 0 Å². The van der Waals surface area contributed by atoms with Gasteiger partial charge in [0.15, 0.2) is 0 Å². The average Bonchev–Trinajstić information content (AvgIpc) is 2.15. The van der Waals surface area contributed by atoms with E-state index in [1.54, 1.807) is 0 Å². The molecular formula is C10H13BrFNO. The Kier molecular flexibility index (Phi) is 3.64. The van der Waals surface area contributed by atoms with Gasteiger partial charge < -0.3 is 10.8 Å². The van der Waals surface area contributed by atoms with Gasteiger partial charge >= 0.3 is 0 Å². The molecule has 0 aliphatic rings. The first kappa shape index (κ1) is 11.6. The summed E-state index contributed by atoms with van der Waals surface area (Å²) in [5, 5.41) is 8.95. The summed E-state index contributed by atoms with van der Waals surface area (Å²) in [4.78, 5) is 0. The number of aliphatic hydroxyl groups is 1. The van der Waals surface area contributed by atoms with E-state index in [0.717, 1.165) is 11.1 Å². The molecule has 2 nitrogen and oxygen atoms in total. The molecule has 0 radical (unpaired) electrons. The quantitative estimate of drug-likeness (QED) is 0.858. The summed E-state index contributed by atoms with van der Waals surface area (Å²) in [5.74, 6) is -0.341. The molecule has 0 bridgehead atoms. The summed E-state index contributed by atoms with van der Waals surface area (Å²) >= 11 is 3.14. The predicted molar refractivity (Wildman–Crippen MR) is 57.6 cm³/mol. The van der Waals surface area contributed by atoms with E-state index in [1.807, 2.05) is 13.8 Å². The summed E-state index contributed by atoms with van der Waals surface area (Å²) in [6, 6.07) is 0.909. The van der Waals surface area contributed by atoms with Gasteiger partial charge in [0, 0.05) is 0 Å². The highest BCUT2D eigenvalue weighted by Gasteiger charge is 2.16. The van der Waals surface area contributed by atoms with E-state index in [0.29, 0.717) is 10.0 Å². The van der Waals surface area contributed by atoms with Crippen molar-refractivity contribution in [1.82, 2.24) is 0 Å². The van der Waals surface area contributed by atoms with Crippen molar-refractivity contribution in [3.05, 3.63) is 33.0 Å². The fourth-order valence-corrected chi connectivity index (χ4v) is 2.11. The maximum Gasteiger partial charge on any atom is 0.138 e. The van der Waals surface area contributed by atoms with Gasteiger partial charge in [0.2, 0.25) is 0 Å². The van der Waals surface area contributed by atoms with Crippen molar-refractivity contribution in [2.75, 3.05) is 6.61 Å². The molecule has 78 valence electrons. The molecule has 0 aliphatic carbocycles. The summed E-state index contributed by atoms with van der Waals surface area (Å²) in [6.45, 7) is 3.49. The van der Waals surface area contributed by atoms with Crippen molar-refractivity contribution in [3.8, 4) is 0 Å². The third kappa shape index (κ3) is 1.97. The number of nitrogens with two attached hydrogens (primary N) is 1. The summed E-state index contributed by atoms with van der Waals surface area (Å²) in [7, 11) is 0. The average molecular weight is 262 g/mol. The van der Waals surface area contributed by atoms with E-state index in [1.165, 1.54) is 6.07 Å². The Bertz CT molecular complexity index is 328. The minimum atomic E-state index is -0.543. The molecule has 0 saturated heterocycles. The first-order valence-corrected chi connectivity index (χ1v) is 5.09. The molecule has 0 heterocycles. The number of halogens is 2. The van der Waals surface area contributed by atoms with Gasteiger partial charge in [-0.15, -0.1) is 0 Å². The molecule has 0 spiro atoms. The van der Waals surface area contributed by atoms with E-state index in [9.17, 15) is 4.39 Å². The number of aryl methyl sites for hydroxylation is 1. The second-order valence-electron chi connectivity index (χ2n) is 3.32. The Hall–Kier alpha value is -0.450. The Morgan fingerprint density at radius 1 is 1.57 bits per heavy atom. The largest absolute Gasteiger partial charge is 0.394 e. The van der Waals surface area contributed by atoms with Crippen molar-refractivity contribution in [3.63, 3.8) is 0 Å². The zero-order chi connectivity index (χ0) is 10.9. The molecule has 1 aromatic rings. The number of rotatable bonds is 2. The lowest BCUT2D eigenvalue weighted by Gasteiger charge is -2.16. The second kappa shape index (κ2) is 4.38. The maximum atomic E-state index is 13.3. The highest BCUT2D eigenvalue weighted by Crippen LogP contribution is 2.30. The fraction of sp³-hybridized carbons (Fsp3) is 0.400. The lowest BCUT2D eigenvalue weighted by atomic mass is 9.98. The van der Waals surface area contributed by atoms with Crippen LogP contribution in [0.5, 0.6) is 0 Å². The number of hydrogen-bond acceptors (Lipinski definition) is 2. The van der Waals surface area contributed by atoms with E-state index < -0.39 is 6.04 Å². The second-order valence-corrected chi connectivity index (χ2v) is 4.11. The monoisotopic (exact) mass is 261 g/mol. The van der Waals surface area contributed by atoms with Crippen LogP contribution in [0.25, 0.3) is 0 Å². The van der Waals surface area contributed by atoms with Gasteiger partial charge in [0.05, 0.1) is 17.1 Å². The van der Waals surface area contributed by atoms with Gasteiger partial charge in [0.1, 0.15) is 5.82 Å². The van der Waals surface area contributed by atoms with E-state index in [-0.39, 0.29) is 12.4 Å². The Morgan fingerprint density at radius 3 is 2.64 bits per heavy atom. The van der Waals surface area contributed by atoms with Gasteiger partial charge in [-0.1, -0.05) is 0 Å². The molecule has 14 heavy (non-hydrogen) atoms. The third-order valence-electron chi connectivity index (χ3n) is 2.35. The van der Waals surface area contributed by atoms with Crippen molar-refractivity contribution in [2.24, 2.45) is 5.73 Å². The maximum absolute atomic E-state index is 13.3. The Balaban J connectivity index is 3.39. The lowest BCUT2D eigenvalue weighted by molar-refractivity contribution is 0.267. The first-order valence-electron chi connectivity index (χ1n) is 4.30. The third-order valence-corrected chi connectivity index (χ3v) is 3.16. The van der Waals surface area contributed by atoms with Crippen LogP contribution in [0.4, 0.5) is 4.39 Å². The van der Waals surface area contributed by atoms with Crippen LogP contribution in [0.1, 0.15) is 22.7 Å². The van der Waals surface area contributed by atoms with E-state index >= 15 is 0 Å². The molecule has 1 atom stereocenters. The minimum absolute atomic E-state index is 0.192. The highest BCUT2D eigenvalue weighted by atomic mass is 79.9. The summed E-state index contributed by atoms with van der Waals surface area (Å²) in [5.41, 5.74) is 8.08. The van der Waals surface area contributed by atoms with Gasteiger partial charge in [0.25, 0.3) is 0 Å².